The van der Waals surface area contributed by atoms with E-state index in [9.17, 15) is 13.2 Å². The molecule has 0 bridgehead atoms. The van der Waals surface area contributed by atoms with Gasteiger partial charge >= 0.3 is 0 Å². The van der Waals surface area contributed by atoms with E-state index in [1.54, 1.807) is 23.7 Å². The van der Waals surface area contributed by atoms with Gasteiger partial charge in [0.05, 0.1) is 12.2 Å². The molecule has 1 aromatic heterocycles. The first-order valence-electron chi connectivity index (χ1n) is 7.06. The molecule has 3 heterocycles. The van der Waals surface area contributed by atoms with Crippen molar-refractivity contribution in [3.8, 4) is 0 Å². The van der Waals surface area contributed by atoms with Crippen LogP contribution < -0.4 is 0 Å². The lowest BCUT2D eigenvalue weighted by Crippen LogP contribution is -2.51. The van der Waals surface area contributed by atoms with Crippen molar-refractivity contribution in [2.75, 3.05) is 36.2 Å². The van der Waals surface area contributed by atoms with Crippen LogP contribution in [-0.4, -0.2) is 75.3 Å². The van der Waals surface area contributed by atoms with Crippen LogP contribution in [0.4, 0.5) is 0 Å². The highest BCUT2D eigenvalue weighted by Crippen LogP contribution is 2.31. The fraction of sp³-hybridized carbons (Fsp3) is 0.667. The number of thioether (sulfide) groups is 2. The molecule has 1 aromatic rings. The average molecular weight is 397 g/mol. The zero-order chi connectivity index (χ0) is 16.6. The van der Waals surface area contributed by atoms with Crippen LogP contribution in [0.3, 0.4) is 0 Å². The smallest absolute Gasteiger partial charge is 0.265 e. The Balaban J connectivity index is 1.86. The maximum Gasteiger partial charge on any atom is 0.265 e. The number of amides is 1. The van der Waals surface area contributed by atoms with E-state index in [0.29, 0.717) is 18.8 Å². The quantitative estimate of drug-likeness (QED) is 0.749. The number of carbonyl (C=O) groups excluding carboxylic acids is 1. The topological polar surface area (TPSA) is 75.5 Å². The highest BCUT2D eigenvalue weighted by atomic mass is 35.5. The lowest BCUT2D eigenvalue weighted by Gasteiger charge is -2.31. The third-order valence-electron chi connectivity index (χ3n) is 3.84. The molecule has 1 unspecified atom stereocenters. The van der Waals surface area contributed by atoms with Crippen LogP contribution in [0.5, 0.6) is 0 Å². The van der Waals surface area contributed by atoms with Gasteiger partial charge in [-0.25, -0.2) is 13.4 Å². The average Bonchev–Trinajstić information content (AvgIpc) is 3.16. The predicted molar refractivity (Wildman–Crippen MR) is 92.3 cm³/mol. The largest absolute Gasteiger partial charge is 0.340 e. The molecule has 2 aliphatic heterocycles. The molecule has 0 aliphatic carbocycles. The van der Waals surface area contributed by atoms with E-state index in [0.717, 1.165) is 11.5 Å². The fourth-order valence-corrected chi connectivity index (χ4v) is 6.96. The normalized spacial score (nSPS) is 23.4. The second-order valence-electron chi connectivity index (χ2n) is 5.30. The van der Waals surface area contributed by atoms with Crippen LogP contribution in [0.1, 0.15) is 0 Å². The number of carbonyl (C=O) groups is 1. The highest BCUT2D eigenvalue weighted by Gasteiger charge is 2.43. The van der Waals surface area contributed by atoms with Crippen molar-refractivity contribution in [2.24, 2.45) is 7.05 Å². The van der Waals surface area contributed by atoms with Crippen LogP contribution in [-0.2, 0) is 21.9 Å². The van der Waals surface area contributed by atoms with Gasteiger partial charge in [-0.3, -0.25) is 4.79 Å². The zero-order valence-electron chi connectivity index (χ0n) is 12.5. The van der Waals surface area contributed by atoms with Crippen molar-refractivity contribution in [3.63, 3.8) is 0 Å². The highest BCUT2D eigenvalue weighted by molar-refractivity contribution is 8.00. The Morgan fingerprint density at radius 1 is 1.35 bits per heavy atom. The third-order valence-corrected chi connectivity index (χ3v) is 8.30. The van der Waals surface area contributed by atoms with Gasteiger partial charge < -0.3 is 9.47 Å². The molecule has 23 heavy (non-hydrogen) atoms. The van der Waals surface area contributed by atoms with Gasteiger partial charge in [0, 0.05) is 37.4 Å². The Kier molecular flexibility index (Phi) is 5.17. The lowest BCUT2D eigenvalue weighted by molar-refractivity contribution is -0.133. The van der Waals surface area contributed by atoms with E-state index in [4.69, 9.17) is 11.6 Å². The molecule has 3 rings (SSSR count). The summed E-state index contributed by atoms with van der Waals surface area (Å²) in [5.41, 5.74) is 0. The number of aromatic nitrogens is 2. The summed E-state index contributed by atoms with van der Waals surface area (Å²) in [5.74, 6) is 2.38. The number of nitrogens with zero attached hydrogens (tertiary/aromatic N) is 4. The summed E-state index contributed by atoms with van der Waals surface area (Å²) < 4.78 is 28.4. The number of rotatable bonds is 3. The summed E-state index contributed by atoms with van der Waals surface area (Å²) in [7, 11) is -2.26. The lowest BCUT2D eigenvalue weighted by atomic mass is 10.3. The molecular formula is C12H17ClN4O3S3. The standard InChI is InChI=1S/C12H17ClN4O3S3/c1-15-7-14-11(10(15)13)23(19,20)17-8-22-6-9(17)12(18)16-2-4-21-5-3-16/h7,9H,2-6,8H2,1H3. The van der Waals surface area contributed by atoms with Crippen LogP contribution in [0.25, 0.3) is 0 Å². The molecule has 2 saturated heterocycles. The van der Waals surface area contributed by atoms with Gasteiger partial charge in [-0.2, -0.15) is 16.1 Å². The van der Waals surface area contributed by atoms with Gasteiger partial charge in [0.15, 0.2) is 0 Å². The minimum Gasteiger partial charge on any atom is -0.340 e. The first kappa shape index (κ1) is 17.4. The van der Waals surface area contributed by atoms with Gasteiger partial charge in [-0.05, 0) is 0 Å². The van der Waals surface area contributed by atoms with Gasteiger partial charge in [0.2, 0.25) is 10.9 Å². The monoisotopic (exact) mass is 396 g/mol. The Labute approximate surface area is 148 Å². The third kappa shape index (κ3) is 3.23. The predicted octanol–water partition coefficient (Wildman–Crippen LogP) is 0.712. The Hall–Kier alpha value is -0.420. The van der Waals surface area contributed by atoms with Crippen molar-refractivity contribution in [1.29, 1.82) is 0 Å². The van der Waals surface area contributed by atoms with Crippen molar-refractivity contribution >= 4 is 51.1 Å². The molecule has 1 atom stereocenters. The minimum absolute atomic E-state index is 0.0578. The molecule has 0 saturated carbocycles. The molecule has 0 radical (unpaired) electrons. The zero-order valence-corrected chi connectivity index (χ0v) is 15.7. The van der Waals surface area contributed by atoms with Crippen LogP contribution in [0.15, 0.2) is 11.4 Å². The summed E-state index contributed by atoms with van der Waals surface area (Å²) in [6.07, 6.45) is 1.36. The number of halogens is 1. The Morgan fingerprint density at radius 3 is 2.65 bits per heavy atom. The van der Waals surface area contributed by atoms with Crippen LogP contribution in [0, 0.1) is 0 Å². The molecule has 0 spiro atoms. The first-order chi connectivity index (χ1) is 10.9. The van der Waals surface area contributed by atoms with Gasteiger partial charge in [-0.15, -0.1) is 11.8 Å². The molecule has 2 fully saturated rings. The molecular weight excluding hydrogens is 380 g/mol. The molecule has 0 aromatic carbocycles. The number of hydrogen-bond acceptors (Lipinski definition) is 6. The van der Waals surface area contributed by atoms with Gasteiger partial charge in [0.1, 0.15) is 11.2 Å². The van der Waals surface area contributed by atoms with Crippen molar-refractivity contribution in [1.82, 2.24) is 18.8 Å². The molecule has 0 N–H and O–H groups in total. The van der Waals surface area contributed by atoms with Crippen LogP contribution >= 0.6 is 35.1 Å². The Morgan fingerprint density at radius 2 is 2.04 bits per heavy atom. The van der Waals surface area contributed by atoms with E-state index in [-0.39, 0.29) is 22.0 Å². The Bertz CT molecular complexity index is 702. The molecule has 11 heteroatoms. The molecule has 2 aliphatic rings. The number of sulfonamides is 1. The second kappa shape index (κ2) is 6.83. The van der Waals surface area contributed by atoms with E-state index < -0.39 is 16.1 Å². The summed E-state index contributed by atoms with van der Waals surface area (Å²) in [6.45, 7) is 1.34. The van der Waals surface area contributed by atoms with Gasteiger partial charge in [0.25, 0.3) is 10.0 Å². The van der Waals surface area contributed by atoms with Crippen molar-refractivity contribution < 1.29 is 13.2 Å². The summed E-state index contributed by atoms with van der Waals surface area (Å²) in [4.78, 5) is 18.4. The van der Waals surface area contributed by atoms with E-state index in [2.05, 4.69) is 4.98 Å². The second-order valence-corrected chi connectivity index (χ2v) is 9.69. The first-order valence-corrected chi connectivity index (χ1v) is 11.2. The van der Waals surface area contributed by atoms with E-state index >= 15 is 0 Å². The minimum atomic E-state index is -3.89. The fourth-order valence-electron chi connectivity index (χ4n) is 2.53. The van der Waals surface area contributed by atoms with Crippen LogP contribution in [0.2, 0.25) is 5.15 Å². The maximum absolute atomic E-state index is 12.8. The van der Waals surface area contributed by atoms with E-state index in [1.165, 1.54) is 27.0 Å². The van der Waals surface area contributed by atoms with E-state index in [1.807, 2.05) is 0 Å². The summed E-state index contributed by atoms with van der Waals surface area (Å²) >= 11 is 9.28. The number of imidazole rings is 1. The van der Waals surface area contributed by atoms with Crippen molar-refractivity contribution in [3.05, 3.63) is 11.5 Å². The number of hydrogen-bond donors (Lipinski definition) is 0. The number of aryl methyl sites for hydroxylation is 1. The summed E-state index contributed by atoms with van der Waals surface area (Å²) in [6, 6.07) is -0.675. The molecule has 1 amide bonds. The SMILES string of the molecule is Cn1cnc(S(=O)(=O)N2CSCC2C(=O)N2CCSCC2)c1Cl. The van der Waals surface area contributed by atoms with Crippen molar-refractivity contribution in [2.45, 2.75) is 11.1 Å². The summed E-state index contributed by atoms with van der Waals surface area (Å²) in [5, 5.41) is -0.126. The maximum atomic E-state index is 12.8. The van der Waals surface area contributed by atoms with Gasteiger partial charge in [-0.1, -0.05) is 11.6 Å². The molecule has 7 nitrogen and oxygen atoms in total. The molecule has 128 valence electrons.